The average molecular weight is 1350 g/mol. The molecule has 0 amide bonds. The van der Waals surface area contributed by atoms with E-state index in [2.05, 4.69) is 208 Å². The van der Waals surface area contributed by atoms with Gasteiger partial charge in [0.1, 0.15) is 19.8 Å². The Labute approximate surface area is 590 Å². The fraction of sp³-hybridized carbons (Fsp3) is 0.605. The molecule has 0 aliphatic heterocycles. The van der Waals surface area contributed by atoms with Crippen molar-refractivity contribution < 1.29 is 42.1 Å². The summed E-state index contributed by atoms with van der Waals surface area (Å²) in [4.78, 5) is 36.0. The number of phosphoric acid groups is 1. The summed E-state index contributed by atoms with van der Waals surface area (Å²) in [5, 5.41) is 0. The molecule has 0 heterocycles. The molecule has 9 nitrogen and oxygen atoms in total. The van der Waals surface area contributed by atoms with Crippen molar-refractivity contribution >= 4 is 19.8 Å². The lowest BCUT2D eigenvalue weighted by molar-refractivity contribution is -0.870. The van der Waals surface area contributed by atoms with Crippen LogP contribution in [0.2, 0.25) is 0 Å². The van der Waals surface area contributed by atoms with Crippen LogP contribution in [0.15, 0.2) is 194 Å². The Morgan fingerprint density at radius 3 is 0.833 bits per heavy atom. The van der Waals surface area contributed by atoms with Crippen LogP contribution in [0, 0.1) is 0 Å². The number of likely N-dealkylation sites (N-methyl/N-ethyl adjacent to an activating group) is 1. The summed E-state index contributed by atoms with van der Waals surface area (Å²) >= 11 is 0. The van der Waals surface area contributed by atoms with Crippen molar-refractivity contribution in [1.82, 2.24) is 0 Å². The number of unbranched alkanes of at least 4 members (excludes halogenated alkanes) is 22. The number of ether oxygens (including phenoxy) is 2. The SMILES string of the molecule is CC/C=C\C/C=C\C/C=C\C/C=C\C/C=C\C/C=C\C/C=C\C/C=C\C/C=C\C/C=C\C/C=C\CCCCCCCC(=O)OC(COC(=O)CCCCCCCCCCCCCCCCCCC/C=C\C/C=C\C/C=C\C/C=C\C/C=C\CC)COP(=O)(O)OCC[N+](C)(C)C. The second kappa shape index (κ2) is 74.1. The van der Waals surface area contributed by atoms with Crippen molar-refractivity contribution in [3.63, 3.8) is 0 Å². The highest BCUT2D eigenvalue weighted by atomic mass is 31.2. The quantitative estimate of drug-likeness (QED) is 0.0211. The first-order valence-corrected chi connectivity index (χ1v) is 39.7. The maximum absolute atomic E-state index is 12.9. The Balaban J connectivity index is 4.12. The predicted octanol–water partition coefficient (Wildman–Crippen LogP) is 25.6. The van der Waals surface area contributed by atoms with Gasteiger partial charge in [0.2, 0.25) is 0 Å². The molecule has 0 aliphatic rings. The highest BCUT2D eigenvalue weighted by molar-refractivity contribution is 7.47. The molecule has 0 aromatic heterocycles. The van der Waals surface area contributed by atoms with Crippen molar-refractivity contribution in [2.45, 2.75) is 290 Å². The molecule has 0 radical (unpaired) electrons. The van der Waals surface area contributed by atoms with E-state index in [0.29, 0.717) is 17.4 Å². The number of carbonyl (C=O) groups excluding carboxylic acids is 2. The van der Waals surface area contributed by atoms with Gasteiger partial charge in [-0.2, -0.15) is 0 Å². The van der Waals surface area contributed by atoms with E-state index in [4.69, 9.17) is 18.5 Å². The molecule has 2 atom stereocenters. The first-order chi connectivity index (χ1) is 47.0. The lowest BCUT2D eigenvalue weighted by Crippen LogP contribution is -2.37. The van der Waals surface area contributed by atoms with Crippen LogP contribution in [0.1, 0.15) is 284 Å². The number of carbonyl (C=O) groups is 2. The Morgan fingerprint density at radius 1 is 0.323 bits per heavy atom. The zero-order chi connectivity index (χ0) is 69.7. The van der Waals surface area contributed by atoms with Gasteiger partial charge in [0.15, 0.2) is 6.10 Å². The molecule has 1 N–H and O–H groups in total. The van der Waals surface area contributed by atoms with Crippen molar-refractivity contribution in [2.75, 3.05) is 47.5 Å². The molecule has 0 aromatic carbocycles. The number of hydrogen-bond acceptors (Lipinski definition) is 7. The van der Waals surface area contributed by atoms with Crippen LogP contribution < -0.4 is 0 Å². The molecule has 0 bridgehead atoms. The number of hydrogen-bond donors (Lipinski definition) is 1. The van der Waals surface area contributed by atoms with Crippen molar-refractivity contribution in [3.05, 3.63) is 194 Å². The molecule has 542 valence electrons. The number of quaternary nitrogens is 1. The normalized spacial score (nSPS) is 14.2. The van der Waals surface area contributed by atoms with Crippen LogP contribution in [0.4, 0.5) is 0 Å². The fourth-order valence-electron chi connectivity index (χ4n) is 9.87. The van der Waals surface area contributed by atoms with Crippen LogP contribution in [0.3, 0.4) is 0 Å². The standard InChI is InChI=1S/C86H140NO8P/c1-6-8-10-12-14-16-18-20-22-24-26-28-30-32-34-36-38-40-41-42-43-44-45-47-49-51-53-55-57-59-61-63-65-67-69-71-73-75-77-79-86(89)95-84(83-94-96(90,91)93-81-80-87(3,4)5)82-92-85(88)78-76-74-72-70-68-66-64-62-60-58-56-54-52-50-48-46-39-37-35-33-31-29-27-25-23-21-19-17-15-13-11-9-7-2/h8-11,14-17,20-23,26-29,32-35,38,40,42-43,45,47,51,53,57,59,63,65,84H,6-7,12-13,18-19,24-25,30-31,36-37,39,41,44,46,48-50,52,54-56,58,60-62,64,66-83H2,1-5H3/p+1/b10-8-,11-9-,16-14-,17-15-,22-20-,23-21-,28-26-,29-27-,34-32-,35-33-,40-38-,43-42-,47-45-,53-51-,59-57-,65-63-. The minimum absolute atomic E-state index is 0.0186. The molecule has 10 heteroatoms. The van der Waals surface area contributed by atoms with Crippen molar-refractivity contribution in [3.8, 4) is 0 Å². The number of allylic oxidation sites excluding steroid dienone is 32. The first-order valence-electron chi connectivity index (χ1n) is 38.2. The van der Waals surface area contributed by atoms with Crippen LogP contribution in [-0.2, 0) is 32.7 Å². The summed E-state index contributed by atoms with van der Waals surface area (Å²) in [5.74, 6) is -0.826. The Kier molecular flexibility index (Phi) is 70.1. The van der Waals surface area contributed by atoms with Crippen molar-refractivity contribution in [1.29, 1.82) is 0 Å². The summed E-state index contributed by atoms with van der Waals surface area (Å²) < 4.78 is 34.7. The van der Waals surface area contributed by atoms with E-state index in [0.717, 1.165) is 154 Å². The molecule has 0 saturated heterocycles. The van der Waals surface area contributed by atoms with E-state index in [9.17, 15) is 19.0 Å². The zero-order valence-electron chi connectivity index (χ0n) is 61.8. The number of nitrogens with zero attached hydrogens (tertiary/aromatic N) is 1. The van der Waals surface area contributed by atoms with E-state index in [1.165, 1.54) is 96.3 Å². The topological polar surface area (TPSA) is 108 Å². The molecule has 0 fully saturated rings. The van der Waals surface area contributed by atoms with Gasteiger partial charge in [-0.3, -0.25) is 18.6 Å². The van der Waals surface area contributed by atoms with Crippen molar-refractivity contribution in [2.24, 2.45) is 0 Å². The van der Waals surface area contributed by atoms with E-state index >= 15 is 0 Å². The van der Waals surface area contributed by atoms with Gasteiger partial charge in [-0.05, 0) is 141 Å². The molecular formula is C86H141NO8P+. The van der Waals surface area contributed by atoms with Gasteiger partial charge < -0.3 is 18.9 Å². The van der Waals surface area contributed by atoms with E-state index in [1.807, 2.05) is 21.1 Å². The minimum atomic E-state index is -4.41. The largest absolute Gasteiger partial charge is 0.472 e. The maximum atomic E-state index is 12.9. The number of esters is 2. The second-order valence-electron chi connectivity index (χ2n) is 25.9. The van der Waals surface area contributed by atoms with E-state index in [-0.39, 0.29) is 32.0 Å². The van der Waals surface area contributed by atoms with Gasteiger partial charge in [-0.15, -0.1) is 0 Å². The third kappa shape index (κ3) is 77.9. The predicted molar refractivity (Wildman–Crippen MR) is 417 cm³/mol. The van der Waals surface area contributed by atoms with Gasteiger partial charge in [0, 0.05) is 12.8 Å². The van der Waals surface area contributed by atoms with Gasteiger partial charge in [-0.25, -0.2) is 4.57 Å². The van der Waals surface area contributed by atoms with Gasteiger partial charge >= 0.3 is 19.8 Å². The molecule has 0 saturated carbocycles. The summed E-state index contributed by atoms with van der Waals surface area (Å²) in [6.07, 6.45) is 115. The van der Waals surface area contributed by atoms with Crippen LogP contribution in [-0.4, -0.2) is 74.9 Å². The third-order valence-electron chi connectivity index (χ3n) is 15.6. The summed E-state index contributed by atoms with van der Waals surface area (Å²) in [5.41, 5.74) is 0. The van der Waals surface area contributed by atoms with Crippen LogP contribution in [0.25, 0.3) is 0 Å². The minimum Gasteiger partial charge on any atom is -0.462 e. The smallest absolute Gasteiger partial charge is 0.462 e. The third-order valence-corrected chi connectivity index (χ3v) is 16.6. The average Bonchev–Trinajstić information content (AvgIpc) is 1.98. The van der Waals surface area contributed by atoms with Gasteiger partial charge in [-0.1, -0.05) is 324 Å². The first kappa shape index (κ1) is 90.8. The fourth-order valence-corrected chi connectivity index (χ4v) is 10.6. The van der Waals surface area contributed by atoms with Gasteiger partial charge in [0.05, 0.1) is 27.7 Å². The molecule has 0 rings (SSSR count). The lowest BCUT2D eigenvalue weighted by Gasteiger charge is -2.24. The Bertz CT molecular complexity index is 2330. The monoisotopic (exact) mass is 1350 g/mol. The second-order valence-corrected chi connectivity index (χ2v) is 27.4. The van der Waals surface area contributed by atoms with E-state index in [1.54, 1.807) is 0 Å². The molecule has 2 unspecified atom stereocenters. The molecule has 96 heavy (non-hydrogen) atoms. The zero-order valence-corrected chi connectivity index (χ0v) is 62.7. The highest BCUT2D eigenvalue weighted by Crippen LogP contribution is 2.43. The van der Waals surface area contributed by atoms with Crippen LogP contribution >= 0.6 is 7.82 Å². The summed E-state index contributed by atoms with van der Waals surface area (Å²) in [6.45, 7) is 4.18. The van der Waals surface area contributed by atoms with Gasteiger partial charge in [0.25, 0.3) is 0 Å². The summed E-state index contributed by atoms with van der Waals surface area (Å²) in [6, 6.07) is 0. The molecule has 0 spiro atoms. The number of rotatable bonds is 68. The van der Waals surface area contributed by atoms with Crippen LogP contribution in [0.5, 0.6) is 0 Å². The number of phosphoric ester groups is 1. The highest BCUT2D eigenvalue weighted by Gasteiger charge is 2.27. The van der Waals surface area contributed by atoms with E-state index < -0.39 is 26.5 Å². The Hall–Kier alpha value is -5.15. The molecule has 0 aromatic rings. The lowest BCUT2D eigenvalue weighted by atomic mass is 10.0. The molecular weight excluding hydrogens is 1210 g/mol. The molecule has 0 aliphatic carbocycles. The maximum Gasteiger partial charge on any atom is 0.472 e. The Morgan fingerprint density at radius 2 is 0.562 bits per heavy atom. The summed E-state index contributed by atoms with van der Waals surface area (Å²) in [7, 11) is 1.44.